The zero-order valence-electron chi connectivity index (χ0n) is 11.3. The second kappa shape index (κ2) is 5.56. The molecule has 0 fully saturated rings. The molecule has 0 radical (unpaired) electrons. The van der Waals surface area contributed by atoms with Crippen LogP contribution in [0, 0.1) is 10.1 Å². The molecule has 0 aliphatic carbocycles. The van der Waals surface area contributed by atoms with Gasteiger partial charge in [-0.05, 0) is 12.1 Å². The molecular weight excluding hydrogens is 290 g/mol. The molecule has 0 amide bonds. The Morgan fingerprint density at radius 1 is 1.18 bits per heavy atom. The lowest BCUT2D eigenvalue weighted by Crippen LogP contribution is -1.92. The lowest BCUT2D eigenvalue weighted by molar-refractivity contribution is -0.384. The Balaban J connectivity index is 1.91. The summed E-state index contributed by atoms with van der Waals surface area (Å²) in [7, 11) is 1.48. The van der Waals surface area contributed by atoms with Gasteiger partial charge in [-0.2, -0.15) is 4.98 Å². The average Bonchev–Trinajstić information content (AvgIpc) is 3.05. The van der Waals surface area contributed by atoms with Crippen molar-refractivity contribution in [2.24, 2.45) is 0 Å². The van der Waals surface area contributed by atoms with Crippen LogP contribution in [0.2, 0.25) is 0 Å². The number of hydrogen-bond acceptors (Lipinski definition) is 8. The summed E-state index contributed by atoms with van der Waals surface area (Å²) in [5.74, 6) is 0.813. The zero-order chi connectivity index (χ0) is 15.5. The Kier molecular flexibility index (Phi) is 3.44. The normalized spacial score (nSPS) is 10.4. The first-order valence-electron chi connectivity index (χ1n) is 6.12. The number of nitrogens with zero attached hydrogens (tertiary/aromatic N) is 5. The van der Waals surface area contributed by atoms with Gasteiger partial charge in [0, 0.05) is 17.7 Å². The second-order valence-corrected chi connectivity index (χ2v) is 4.17. The molecule has 9 heteroatoms. The molecule has 3 rings (SSSR count). The van der Waals surface area contributed by atoms with Crippen LogP contribution < -0.4 is 4.74 Å². The summed E-state index contributed by atoms with van der Waals surface area (Å²) in [6.45, 7) is 0. The van der Waals surface area contributed by atoms with Crippen molar-refractivity contribution >= 4 is 5.69 Å². The fourth-order valence-corrected chi connectivity index (χ4v) is 1.72. The molecule has 110 valence electrons. The second-order valence-electron chi connectivity index (χ2n) is 4.17. The minimum atomic E-state index is -0.477. The van der Waals surface area contributed by atoms with E-state index in [0.717, 1.165) is 0 Å². The topological polar surface area (TPSA) is 117 Å². The molecule has 22 heavy (non-hydrogen) atoms. The van der Waals surface area contributed by atoms with E-state index in [1.807, 2.05) is 0 Å². The predicted octanol–water partition coefficient (Wildman–Crippen LogP) is 2.11. The van der Waals surface area contributed by atoms with E-state index in [1.165, 1.54) is 43.8 Å². The first-order valence-corrected chi connectivity index (χ1v) is 6.12. The molecule has 9 nitrogen and oxygen atoms in total. The van der Waals surface area contributed by atoms with Crippen LogP contribution in [0.5, 0.6) is 5.88 Å². The fourth-order valence-electron chi connectivity index (χ4n) is 1.72. The first-order chi connectivity index (χ1) is 10.7. The molecule has 0 atom stereocenters. The van der Waals surface area contributed by atoms with Crippen LogP contribution in [0.1, 0.15) is 0 Å². The van der Waals surface area contributed by atoms with Crippen molar-refractivity contribution in [1.82, 2.24) is 20.1 Å². The van der Waals surface area contributed by atoms with Gasteiger partial charge in [-0.3, -0.25) is 15.1 Å². The van der Waals surface area contributed by atoms with Crippen LogP contribution in [0.15, 0.2) is 41.2 Å². The number of methoxy groups -OCH3 is 1. The molecule has 2 heterocycles. The highest BCUT2D eigenvalue weighted by Gasteiger charge is 2.14. The molecule has 0 aliphatic heterocycles. The van der Waals surface area contributed by atoms with E-state index in [0.29, 0.717) is 17.1 Å². The monoisotopic (exact) mass is 299 g/mol. The highest BCUT2D eigenvalue weighted by Crippen LogP contribution is 2.23. The first kappa shape index (κ1) is 13.6. The Labute approximate surface area is 123 Å². The molecule has 1 aromatic carbocycles. The summed E-state index contributed by atoms with van der Waals surface area (Å²) < 4.78 is 10.1. The van der Waals surface area contributed by atoms with Crippen molar-refractivity contribution in [3.8, 4) is 28.9 Å². The van der Waals surface area contributed by atoms with Gasteiger partial charge in [-0.25, -0.2) is 4.98 Å². The highest BCUT2D eigenvalue weighted by atomic mass is 16.6. The van der Waals surface area contributed by atoms with Gasteiger partial charge in [0.05, 0.1) is 24.4 Å². The van der Waals surface area contributed by atoms with E-state index in [2.05, 4.69) is 20.1 Å². The van der Waals surface area contributed by atoms with Crippen LogP contribution in [-0.4, -0.2) is 32.1 Å². The average molecular weight is 299 g/mol. The van der Waals surface area contributed by atoms with Crippen LogP contribution in [0.3, 0.4) is 0 Å². The smallest absolute Gasteiger partial charge is 0.269 e. The summed E-state index contributed by atoms with van der Waals surface area (Å²) in [5.41, 5.74) is 0.957. The van der Waals surface area contributed by atoms with Crippen molar-refractivity contribution in [3.63, 3.8) is 0 Å². The van der Waals surface area contributed by atoms with Crippen molar-refractivity contribution in [1.29, 1.82) is 0 Å². The number of rotatable bonds is 4. The van der Waals surface area contributed by atoms with E-state index >= 15 is 0 Å². The molecule has 0 saturated heterocycles. The van der Waals surface area contributed by atoms with Gasteiger partial charge in [0.1, 0.15) is 5.69 Å². The summed E-state index contributed by atoms with van der Waals surface area (Å²) in [6, 6.07) is 5.80. The molecular formula is C13H9N5O4. The van der Waals surface area contributed by atoms with Crippen LogP contribution in [-0.2, 0) is 0 Å². The minimum absolute atomic E-state index is 0.0119. The fraction of sp³-hybridized carbons (Fsp3) is 0.0769. The standard InChI is InChI=1S/C13H9N5O4/c1-21-11-7-14-6-10(15-11)12-16-13(22-17-12)8-2-4-9(5-3-8)18(19)20/h2-7H,1H3. The Morgan fingerprint density at radius 2 is 1.95 bits per heavy atom. The third-order valence-corrected chi connectivity index (χ3v) is 2.80. The van der Waals surface area contributed by atoms with E-state index in [1.54, 1.807) is 0 Å². The van der Waals surface area contributed by atoms with Crippen LogP contribution in [0.4, 0.5) is 5.69 Å². The number of non-ortho nitro benzene ring substituents is 1. The number of benzene rings is 1. The number of nitro groups is 1. The molecule has 3 aromatic rings. The number of aromatic nitrogens is 4. The highest BCUT2D eigenvalue weighted by molar-refractivity contribution is 5.58. The lowest BCUT2D eigenvalue weighted by Gasteiger charge is -1.97. The van der Waals surface area contributed by atoms with Gasteiger partial charge in [0.2, 0.25) is 11.7 Å². The summed E-state index contributed by atoms with van der Waals surface area (Å²) >= 11 is 0. The molecule has 0 N–H and O–H groups in total. The molecule has 0 unspecified atom stereocenters. The van der Waals surface area contributed by atoms with Crippen LogP contribution in [0.25, 0.3) is 23.0 Å². The van der Waals surface area contributed by atoms with Crippen molar-refractivity contribution in [3.05, 3.63) is 46.8 Å². The summed E-state index contributed by atoms with van der Waals surface area (Å²) in [5, 5.41) is 14.4. The van der Waals surface area contributed by atoms with Gasteiger partial charge < -0.3 is 9.26 Å². The quantitative estimate of drug-likeness (QED) is 0.531. The number of ether oxygens (including phenoxy) is 1. The Hall–Kier alpha value is -3.36. The van der Waals surface area contributed by atoms with E-state index in [4.69, 9.17) is 9.26 Å². The molecule has 0 aliphatic rings. The van der Waals surface area contributed by atoms with Crippen molar-refractivity contribution in [2.45, 2.75) is 0 Å². The molecule has 0 spiro atoms. The van der Waals surface area contributed by atoms with Gasteiger partial charge >= 0.3 is 0 Å². The van der Waals surface area contributed by atoms with Crippen molar-refractivity contribution < 1.29 is 14.2 Å². The zero-order valence-corrected chi connectivity index (χ0v) is 11.3. The maximum absolute atomic E-state index is 10.6. The third kappa shape index (κ3) is 2.59. The van der Waals surface area contributed by atoms with E-state index in [-0.39, 0.29) is 17.4 Å². The van der Waals surface area contributed by atoms with Gasteiger partial charge in [-0.1, -0.05) is 5.16 Å². The minimum Gasteiger partial charge on any atom is -0.480 e. The third-order valence-electron chi connectivity index (χ3n) is 2.80. The van der Waals surface area contributed by atoms with Crippen molar-refractivity contribution in [2.75, 3.05) is 7.11 Å². The molecule has 0 bridgehead atoms. The SMILES string of the molecule is COc1cncc(-c2noc(-c3ccc([N+](=O)[O-])cc3)n2)n1. The maximum atomic E-state index is 10.6. The number of hydrogen-bond donors (Lipinski definition) is 0. The molecule has 0 saturated carbocycles. The van der Waals surface area contributed by atoms with Crippen LogP contribution >= 0.6 is 0 Å². The largest absolute Gasteiger partial charge is 0.480 e. The summed E-state index contributed by atoms with van der Waals surface area (Å²) in [4.78, 5) is 22.5. The predicted molar refractivity (Wildman–Crippen MR) is 74.0 cm³/mol. The Bertz CT molecular complexity index is 815. The molecule has 2 aromatic heterocycles. The van der Waals surface area contributed by atoms with Gasteiger partial charge in [0.25, 0.3) is 11.6 Å². The van der Waals surface area contributed by atoms with Gasteiger partial charge in [-0.15, -0.1) is 0 Å². The Morgan fingerprint density at radius 3 is 2.64 bits per heavy atom. The van der Waals surface area contributed by atoms with Gasteiger partial charge in [0.15, 0.2) is 0 Å². The summed E-state index contributed by atoms with van der Waals surface area (Å²) in [6.07, 6.45) is 2.94. The maximum Gasteiger partial charge on any atom is 0.269 e. The van der Waals surface area contributed by atoms with E-state index < -0.39 is 4.92 Å². The lowest BCUT2D eigenvalue weighted by atomic mass is 10.2. The van der Waals surface area contributed by atoms with E-state index in [9.17, 15) is 10.1 Å². The number of nitro benzene ring substituents is 1.